The van der Waals surface area contributed by atoms with Crippen LogP contribution in [0.2, 0.25) is 0 Å². The number of ether oxygens (including phenoxy) is 2. The first-order valence-corrected chi connectivity index (χ1v) is 9.85. The van der Waals surface area contributed by atoms with Crippen LogP contribution in [-0.4, -0.2) is 7.11 Å². The molecule has 0 fully saturated rings. The Kier molecular flexibility index (Phi) is 6.77. The predicted molar refractivity (Wildman–Crippen MR) is 115 cm³/mol. The summed E-state index contributed by atoms with van der Waals surface area (Å²) >= 11 is 3.45. The minimum absolute atomic E-state index is 0.505. The highest BCUT2D eigenvalue weighted by molar-refractivity contribution is 9.10. The number of aryl methyl sites for hydroxylation is 1. The molecule has 0 aliphatic carbocycles. The van der Waals surface area contributed by atoms with Gasteiger partial charge in [0.15, 0.2) is 11.5 Å². The van der Waals surface area contributed by atoms with Crippen molar-refractivity contribution in [3.63, 3.8) is 0 Å². The number of hydrogen-bond donors (Lipinski definition) is 1. The first-order chi connectivity index (χ1) is 13.2. The average Bonchev–Trinajstić information content (AvgIpc) is 2.72. The Labute approximate surface area is 169 Å². The summed E-state index contributed by atoms with van der Waals surface area (Å²) < 4.78 is 12.5. The molecule has 140 valence electrons. The molecule has 0 bridgehead atoms. The smallest absolute Gasteiger partial charge is 0.161 e. The van der Waals surface area contributed by atoms with Crippen molar-refractivity contribution in [1.82, 2.24) is 0 Å². The lowest BCUT2D eigenvalue weighted by atomic mass is 10.1. The van der Waals surface area contributed by atoms with Gasteiger partial charge in [-0.25, -0.2) is 0 Å². The van der Waals surface area contributed by atoms with E-state index >= 15 is 0 Å². The number of anilines is 1. The Balaban J connectivity index is 1.65. The van der Waals surface area contributed by atoms with Gasteiger partial charge in [-0.3, -0.25) is 0 Å². The number of hydrogen-bond acceptors (Lipinski definition) is 3. The summed E-state index contributed by atoms with van der Waals surface area (Å²) in [7, 11) is 1.67. The fraction of sp³-hybridized carbons (Fsp3) is 0.217. The monoisotopic (exact) mass is 425 g/mol. The topological polar surface area (TPSA) is 30.5 Å². The molecule has 1 N–H and O–H groups in total. The zero-order valence-corrected chi connectivity index (χ0v) is 17.3. The number of rotatable bonds is 8. The molecule has 0 heterocycles. The van der Waals surface area contributed by atoms with Crippen LogP contribution in [0.4, 0.5) is 5.69 Å². The second kappa shape index (κ2) is 9.47. The molecule has 0 saturated carbocycles. The van der Waals surface area contributed by atoms with Crippen molar-refractivity contribution in [3.8, 4) is 11.5 Å². The van der Waals surface area contributed by atoms with Gasteiger partial charge in [0.2, 0.25) is 0 Å². The largest absolute Gasteiger partial charge is 0.493 e. The maximum absolute atomic E-state index is 5.95. The van der Waals surface area contributed by atoms with Crippen molar-refractivity contribution in [2.24, 2.45) is 0 Å². The van der Waals surface area contributed by atoms with Crippen LogP contribution in [0.25, 0.3) is 0 Å². The first-order valence-electron chi connectivity index (χ1n) is 9.05. The standard InChI is InChI=1S/C23H24BrNO2/c1-3-19-6-4-5-7-21(19)25-15-18-10-13-22(23(14-18)26-2)27-16-17-8-11-20(24)12-9-17/h4-14,25H,3,15-16H2,1-2H3. The molecule has 0 aliphatic rings. The van der Waals surface area contributed by atoms with Crippen LogP contribution >= 0.6 is 15.9 Å². The maximum Gasteiger partial charge on any atom is 0.161 e. The van der Waals surface area contributed by atoms with E-state index in [0.29, 0.717) is 6.61 Å². The lowest BCUT2D eigenvalue weighted by Gasteiger charge is -2.14. The van der Waals surface area contributed by atoms with E-state index < -0.39 is 0 Å². The lowest BCUT2D eigenvalue weighted by molar-refractivity contribution is 0.284. The molecule has 0 radical (unpaired) electrons. The number of nitrogens with one attached hydrogen (secondary N) is 1. The van der Waals surface area contributed by atoms with Crippen LogP contribution in [0, 0.1) is 0 Å². The summed E-state index contributed by atoms with van der Waals surface area (Å²) in [5.41, 5.74) is 4.75. The summed E-state index contributed by atoms with van der Waals surface area (Å²) in [6.07, 6.45) is 1.01. The van der Waals surface area contributed by atoms with Gasteiger partial charge in [-0.05, 0) is 53.4 Å². The molecule has 0 unspecified atom stereocenters. The molecular formula is C23H24BrNO2. The zero-order chi connectivity index (χ0) is 19.1. The van der Waals surface area contributed by atoms with Crippen LogP contribution in [0.1, 0.15) is 23.6 Å². The first kappa shape index (κ1) is 19.3. The van der Waals surface area contributed by atoms with Gasteiger partial charge in [0, 0.05) is 16.7 Å². The van der Waals surface area contributed by atoms with E-state index in [4.69, 9.17) is 9.47 Å². The molecular weight excluding hydrogens is 402 g/mol. The van der Waals surface area contributed by atoms with E-state index in [1.807, 2.05) is 36.4 Å². The molecule has 3 nitrogen and oxygen atoms in total. The number of halogens is 1. The van der Waals surface area contributed by atoms with Crippen molar-refractivity contribution < 1.29 is 9.47 Å². The molecule has 0 atom stereocenters. The van der Waals surface area contributed by atoms with Gasteiger partial charge in [0.25, 0.3) is 0 Å². The summed E-state index contributed by atoms with van der Waals surface area (Å²) in [6.45, 7) is 3.41. The molecule has 0 spiro atoms. The quantitative estimate of drug-likeness (QED) is 0.465. The molecule has 3 rings (SSSR count). The Morgan fingerprint density at radius 1 is 0.889 bits per heavy atom. The molecule has 0 aliphatic heterocycles. The Bertz CT molecular complexity index is 878. The molecule has 0 aromatic heterocycles. The van der Waals surface area contributed by atoms with Crippen LogP contribution in [0.3, 0.4) is 0 Å². The predicted octanol–water partition coefficient (Wildman–Crippen LogP) is 6.21. The van der Waals surface area contributed by atoms with E-state index in [0.717, 1.165) is 40.1 Å². The molecule has 4 heteroatoms. The average molecular weight is 426 g/mol. The van der Waals surface area contributed by atoms with Crippen LogP contribution < -0.4 is 14.8 Å². The van der Waals surface area contributed by atoms with Gasteiger partial charge < -0.3 is 14.8 Å². The van der Waals surface area contributed by atoms with Crippen LogP contribution in [-0.2, 0) is 19.6 Å². The number of methoxy groups -OCH3 is 1. The maximum atomic E-state index is 5.95. The Morgan fingerprint density at radius 3 is 2.37 bits per heavy atom. The van der Waals surface area contributed by atoms with Crippen LogP contribution in [0.5, 0.6) is 11.5 Å². The summed E-state index contributed by atoms with van der Waals surface area (Å²) in [5, 5.41) is 3.51. The van der Waals surface area contributed by atoms with Gasteiger partial charge in [0.05, 0.1) is 7.11 Å². The van der Waals surface area contributed by atoms with Gasteiger partial charge in [-0.2, -0.15) is 0 Å². The molecule has 0 amide bonds. The highest BCUT2D eigenvalue weighted by Gasteiger charge is 2.07. The van der Waals surface area contributed by atoms with Crippen molar-refractivity contribution in [2.75, 3.05) is 12.4 Å². The van der Waals surface area contributed by atoms with E-state index in [-0.39, 0.29) is 0 Å². The van der Waals surface area contributed by atoms with E-state index in [2.05, 4.69) is 58.5 Å². The third kappa shape index (κ3) is 5.27. The molecule has 3 aromatic rings. The molecule has 27 heavy (non-hydrogen) atoms. The second-order valence-electron chi connectivity index (χ2n) is 6.26. The minimum Gasteiger partial charge on any atom is -0.493 e. The van der Waals surface area contributed by atoms with Crippen molar-refractivity contribution in [3.05, 3.63) is 87.9 Å². The summed E-state index contributed by atoms with van der Waals surface area (Å²) in [6, 6.07) is 22.6. The van der Waals surface area contributed by atoms with Gasteiger partial charge in [-0.15, -0.1) is 0 Å². The van der Waals surface area contributed by atoms with Gasteiger partial charge in [-0.1, -0.05) is 59.3 Å². The van der Waals surface area contributed by atoms with Gasteiger partial charge >= 0.3 is 0 Å². The normalized spacial score (nSPS) is 10.5. The van der Waals surface area contributed by atoms with Gasteiger partial charge in [0.1, 0.15) is 6.61 Å². The molecule has 3 aromatic carbocycles. The summed E-state index contributed by atoms with van der Waals surface area (Å²) in [4.78, 5) is 0. The number of benzene rings is 3. The van der Waals surface area contributed by atoms with Crippen molar-refractivity contribution in [2.45, 2.75) is 26.5 Å². The van der Waals surface area contributed by atoms with Crippen molar-refractivity contribution in [1.29, 1.82) is 0 Å². The zero-order valence-electron chi connectivity index (χ0n) is 15.7. The minimum atomic E-state index is 0.505. The van der Waals surface area contributed by atoms with E-state index in [9.17, 15) is 0 Å². The lowest BCUT2D eigenvalue weighted by Crippen LogP contribution is -2.03. The van der Waals surface area contributed by atoms with Crippen molar-refractivity contribution >= 4 is 21.6 Å². The fourth-order valence-electron chi connectivity index (χ4n) is 2.88. The van der Waals surface area contributed by atoms with E-state index in [1.165, 1.54) is 11.3 Å². The Hall–Kier alpha value is -2.46. The summed E-state index contributed by atoms with van der Waals surface area (Å²) in [5.74, 6) is 1.49. The van der Waals surface area contributed by atoms with E-state index in [1.54, 1.807) is 7.11 Å². The third-order valence-electron chi connectivity index (χ3n) is 4.42. The SMILES string of the molecule is CCc1ccccc1NCc1ccc(OCc2ccc(Br)cc2)c(OC)c1. The fourth-order valence-corrected chi connectivity index (χ4v) is 3.15. The third-order valence-corrected chi connectivity index (χ3v) is 4.95. The number of para-hydroxylation sites is 1. The second-order valence-corrected chi connectivity index (χ2v) is 7.18. The Morgan fingerprint density at radius 2 is 1.63 bits per heavy atom. The highest BCUT2D eigenvalue weighted by Crippen LogP contribution is 2.29. The highest BCUT2D eigenvalue weighted by atomic mass is 79.9. The molecule has 0 saturated heterocycles. The van der Waals surface area contributed by atoms with Crippen LogP contribution in [0.15, 0.2) is 71.2 Å².